The van der Waals surface area contributed by atoms with Gasteiger partial charge in [0.25, 0.3) is 0 Å². The van der Waals surface area contributed by atoms with Gasteiger partial charge in [-0.3, -0.25) is 4.79 Å². The molecule has 0 unspecified atom stereocenters. The fraction of sp³-hybridized carbons (Fsp3) is 0.471. The molecule has 0 saturated carbocycles. The van der Waals surface area contributed by atoms with Gasteiger partial charge >= 0.3 is 7.12 Å². The lowest BCUT2D eigenvalue weighted by Gasteiger charge is -2.32. The first kappa shape index (κ1) is 17.3. The van der Waals surface area contributed by atoms with Crippen LogP contribution in [0.2, 0.25) is 0 Å². The largest absolute Gasteiger partial charge is 0.494 e. The lowest BCUT2D eigenvalue weighted by molar-refractivity contribution is -0.109. The molecule has 1 aliphatic rings. The number of carbonyl (C=O) groups is 1. The summed E-state index contributed by atoms with van der Waals surface area (Å²) < 4.78 is 12.1. The molecule has 22 heavy (non-hydrogen) atoms. The van der Waals surface area contributed by atoms with Crippen molar-refractivity contribution in [2.75, 3.05) is 5.75 Å². The van der Waals surface area contributed by atoms with Gasteiger partial charge in [0.1, 0.15) is 0 Å². The molecule has 0 N–H and O–H groups in total. The van der Waals surface area contributed by atoms with Gasteiger partial charge in [-0.25, -0.2) is 0 Å². The average Bonchev–Trinajstić information content (AvgIpc) is 2.64. The van der Waals surface area contributed by atoms with E-state index in [9.17, 15) is 4.79 Å². The number of hydrogen-bond acceptors (Lipinski definition) is 4. The first-order valence-electron chi connectivity index (χ1n) is 7.47. The Morgan fingerprint density at radius 3 is 2.45 bits per heavy atom. The summed E-state index contributed by atoms with van der Waals surface area (Å²) in [6.45, 7) is 9.79. The van der Waals surface area contributed by atoms with E-state index in [-0.39, 0.29) is 23.4 Å². The van der Waals surface area contributed by atoms with Crippen molar-refractivity contribution >= 4 is 35.5 Å². The Labute approximate surface area is 137 Å². The average molecular weight is 318 g/mol. The number of carbonyl (C=O) groups excluding carboxylic acids is 1. The second-order valence-corrected chi connectivity index (χ2v) is 7.66. The Morgan fingerprint density at radius 1 is 1.23 bits per heavy atom. The molecule has 0 atom stereocenters. The van der Waals surface area contributed by atoms with E-state index in [0.717, 1.165) is 11.0 Å². The first-order valence-corrected chi connectivity index (χ1v) is 8.45. The third-order valence-corrected chi connectivity index (χ3v) is 4.89. The van der Waals surface area contributed by atoms with Gasteiger partial charge in [-0.15, -0.1) is 0 Å². The van der Waals surface area contributed by atoms with E-state index in [0.29, 0.717) is 5.75 Å². The Bertz CT molecular complexity index is 565. The van der Waals surface area contributed by atoms with E-state index >= 15 is 0 Å². The molecule has 0 bridgehead atoms. The van der Waals surface area contributed by atoms with E-state index < -0.39 is 0 Å². The van der Waals surface area contributed by atoms with Crippen LogP contribution in [0.15, 0.2) is 30.3 Å². The molecule has 0 radical (unpaired) electrons. The van der Waals surface area contributed by atoms with Crippen molar-refractivity contribution in [2.45, 2.75) is 45.8 Å². The monoisotopic (exact) mass is 318 g/mol. The first-order chi connectivity index (χ1) is 10.2. The van der Waals surface area contributed by atoms with E-state index in [1.807, 2.05) is 30.4 Å². The lowest BCUT2D eigenvalue weighted by atomic mass is 9.78. The van der Waals surface area contributed by atoms with Crippen LogP contribution < -0.4 is 5.46 Å². The summed E-state index contributed by atoms with van der Waals surface area (Å²) in [5.74, 6) is 0.691. The van der Waals surface area contributed by atoms with Gasteiger partial charge in [-0.1, -0.05) is 48.2 Å². The summed E-state index contributed by atoms with van der Waals surface area (Å²) in [6.07, 6.45) is 4.01. The number of rotatable bonds is 4. The zero-order valence-corrected chi connectivity index (χ0v) is 14.7. The van der Waals surface area contributed by atoms with Gasteiger partial charge < -0.3 is 9.31 Å². The SMILES string of the molecule is CC(=O)SCC=Cc1cccc(B2OC(C)(C)C(C)(C)O2)c1. The summed E-state index contributed by atoms with van der Waals surface area (Å²) in [7, 11) is -0.343. The molecule has 0 amide bonds. The molecule has 0 spiro atoms. The Kier molecular flexibility index (Phi) is 5.20. The van der Waals surface area contributed by atoms with Gasteiger partial charge in [0.05, 0.1) is 11.2 Å². The second-order valence-electron chi connectivity index (χ2n) is 6.46. The fourth-order valence-electron chi connectivity index (χ4n) is 2.14. The van der Waals surface area contributed by atoms with Crippen LogP contribution >= 0.6 is 11.8 Å². The minimum Gasteiger partial charge on any atom is -0.399 e. The standard InChI is InChI=1S/C17H23BO3S/c1-13(19)22-11-7-9-14-8-6-10-15(12-14)18-20-16(2,3)17(4,5)21-18/h6-10,12H,11H2,1-5H3. The summed E-state index contributed by atoms with van der Waals surface area (Å²) in [6, 6.07) is 8.11. The predicted octanol–water partition coefficient (Wildman–Crippen LogP) is 3.28. The van der Waals surface area contributed by atoms with Gasteiger partial charge in [-0.05, 0) is 38.7 Å². The molecule has 0 aliphatic carbocycles. The fourth-order valence-corrected chi connectivity index (χ4v) is 2.57. The maximum atomic E-state index is 10.9. The maximum absolute atomic E-state index is 10.9. The molecule has 5 heteroatoms. The van der Waals surface area contributed by atoms with Gasteiger partial charge in [-0.2, -0.15) is 0 Å². The Hall–Kier alpha value is -1.04. The maximum Gasteiger partial charge on any atom is 0.494 e. The summed E-state index contributed by atoms with van der Waals surface area (Å²) in [4.78, 5) is 10.9. The van der Waals surface area contributed by atoms with E-state index in [4.69, 9.17) is 9.31 Å². The minimum atomic E-state index is -0.343. The zero-order valence-electron chi connectivity index (χ0n) is 13.9. The molecule has 1 fully saturated rings. The molecule has 2 rings (SSSR count). The summed E-state index contributed by atoms with van der Waals surface area (Å²) in [5.41, 5.74) is 1.43. The van der Waals surface area contributed by atoms with Gasteiger partial charge in [0.15, 0.2) is 5.12 Å². The van der Waals surface area contributed by atoms with Crippen LogP contribution in [0.5, 0.6) is 0 Å². The molecule has 1 aromatic carbocycles. The third-order valence-electron chi connectivity index (χ3n) is 4.13. The third kappa shape index (κ3) is 4.03. The van der Waals surface area contributed by atoms with Crippen LogP contribution in [0.4, 0.5) is 0 Å². The van der Waals surface area contributed by atoms with Crippen LogP contribution in [-0.2, 0) is 14.1 Å². The summed E-state index contributed by atoms with van der Waals surface area (Å²) in [5, 5.41) is 0.135. The second kappa shape index (κ2) is 6.61. The normalized spacial score (nSPS) is 19.8. The highest BCUT2D eigenvalue weighted by Crippen LogP contribution is 2.36. The van der Waals surface area contributed by atoms with Crippen LogP contribution in [0.3, 0.4) is 0 Å². The van der Waals surface area contributed by atoms with Crippen molar-refractivity contribution in [3.63, 3.8) is 0 Å². The van der Waals surface area contributed by atoms with Crippen molar-refractivity contribution in [1.82, 2.24) is 0 Å². The van der Waals surface area contributed by atoms with Crippen molar-refractivity contribution in [3.8, 4) is 0 Å². The Morgan fingerprint density at radius 2 is 1.86 bits per heavy atom. The van der Waals surface area contributed by atoms with E-state index in [2.05, 4.69) is 33.8 Å². The zero-order chi connectivity index (χ0) is 16.4. The molecule has 1 heterocycles. The van der Waals surface area contributed by atoms with Crippen molar-refractivity contribution < 1.29 is 14.1 Å². The minimum absolute atomic E-state index is 0.135. The smallest absolute Gasteiger partial charge is 0.399 e. The van der Waals surface area contributed by atoms with Crippen LogP contribution in [0.1, 0.15) is 40.2 Å². The van der Waals surface area contributed by atoms with Crippen molar-refractivity contribution in [2.24, 2.45) is 0 Å². The Balaban J connectivity index is 2.08. The highest BCUT2D eigenvalue weighted by molar-refractivity contribution is 8.13. The molecular weight excluding hydrogens is 295 g/mol. The molecular formula is C17H23BO3S. The molecule has 3 nitrogen and oxygen atoms in total. The number of thioether (sulfide) groups is 1. The molecule has 0 aromatic heterocycles. The molecule has 1 aliphatic heterocycles. The molecule has 1 aromatic rings. The van der Waals surface area contributed by atoms with Crippen LogP contribution in [0, 0.1) is 0 Å². The lowest BCUT2D eigenvalue weighted by Crippen LogP contribution is -2.41. The van der Waals surface area contributed by atoms with E-state index in [1.54, 1.807) is 6.92 Å². The van der Waals surface area contributed by atoms with Crippen LogP contribution in [0.25, 0.3) is 6.08 Å². The highest BCUT2D eigenvalue weighted by Gasteiger charge is 2.51. The highest BCUT2D eigenvalue weighted by atomic mass is 32.2. The van der Waals surface area contributed by atoms with Crippen molar-refractivity contribution in [1.29, 1.82) is 0 Å². The van der Waals surface area contributed by atoms with Gasteiger partial charge in [0.2, 0.25) is 0 Å². The topological polar surface area (TPSA) is 35.5 Å². The van der Waals surface area contributed by atoms with Gasteiger partial charge in [0, 0.05) is 12.7 Å². The van der Waals surface area contributed by atoms with Crippen molar-refractivity contribution in [3.05, 3.63) is 35.9 Å². The molecule has 118 valence electrons. The number of hydrogen-bond donors (Lipinski definition) is 0. The van der Waals surface area contributed by atoms with Crippen LogP contribution in [-0.4, -0.2) is 29.2 Å². The summed E-state index contributed by atoms with van der Waals surface area (Å²) >= 11 is 1.30. The van der Waals surface area contributed by atoms with E-state index in [1.165, 1.54) is 11.8 Å². The quantitative estimate of drug-likeness (QED) is 0.798. The predicted molar refractivity (Wildman–Crippen MR) is 94.3 cm³/mol. The number of benzene rings is 1. The molecule has 1 saturated heterocycles.